The van der Waals surface area contributed by atoms with Gasteiger partial charge in [-0.15, -0.1) is 0 Å². The van der Waals surface area contributed by atoms with Gasteiger partial charge in [-0.1, -0.05) is 30.3 Å². The predicted molar refractivity (Wildman–Crippen MR) is 110 cm³/mol. The molecule has 0 fully saturated rings. The number of nitrogens with one attached hydrogen (secondary N) is 1. The molecule has 0 aromatic heterocycles. The molecule has 0 radical (unpaired) electrons. The summed E-state index contributed by atoms with van der Waals surface area (Å²) in [5.74, 6) is -1.16. The molecule has 2 aromatic carbocycles. The normalized spacial score (nSPS) is 10.5. The Hall–Kier alpha value is -3.35. The van der Waals surface area contributed by atoms with Gasteiger partial charge in [-0.3, -0.25) is 9.59 Å². The van der Waals surface area contributed by atoms with Crippen molar-refractivity contribution in [2.45, 2.75) is 39.8 Å². The fraction of sp³-hybridized carbons (Fsp3) is 0.318. The Labute approximate surface area is 170 Å². The topological polar surface area (TPSA) is 95.9 Å². The summed E-state index contributed by atoms with van der Waals surface area (Å²) in [6, 6.07) is 13.8. The molecule has 0 aliphatic rings. The Kier molecular flexibility index (Phi) is 7.77. The maximum Gasteiger partial charge on any atom is 0.335 e. The number of hydrogen-bond acceptors (Lipinski definition) is 4. The van der Waals surface area contributed by atoms with Gasteiger partial charge >= 0.3 is 5.97 Å². The number of rotatable bonds is 9. The highest BCUT2D eigenvalue weighted by atomic mass is 16.5. The zero-order valence-corrected chi connectivity index (χ0v) is 16.8. The average molecular weight is 398 g/mol. The summed E-state index contributed by atoms with van der Waals surface area (Å²) < 4.78 is 5.65. The average Bonchev–Trinajstić information content (AvgIpc) is 2.66. The largest absolute Gasteiger partial charge is 0.489 e. The molecule has 29 heavy (non-hydrogen) atoms. The van der Waals surface area contributed by atoms with Crippen molar-refractivity contribution in [3.63, 3.8) is 0 Å². The van der Waals surface area contributed by atoms with E-state index in [1.54, 1.807) is 4.90 Å². The number of carboxylic acids is 1. The lowest BCUT2D eigenvalue weighted by Gasteiger charge is -2.21. The third-order valence-electron chi connectivity index (χ3n) is 4.13. The van der Waals surface area contributed by atoms with Crippen LogP contribution in [0.3, 0.4) is 0 Å². The number of carboxylic acid groups (broad SMARTS) is 1. The zero-order valence-electron chi connectivity index (χ0n) is 16.8. The van der Waals surface area contributed by atoms with E-state index in [-0.39, 0.29) is 36.4 Å². The van der Waals surface area contributed by atoms with Crippen LogP contribution in [0.2, 0.25) is 0 Å². The fourth-order valence-electron chi connectivity index (χ4n) is 2.72. The van der Waals surface area contributed by atoms with Gasteiger partial charge in [-0.25, -0.2) is 4.79 Å². The van der Waals surface area contributed by atoms with Gasteiger partial charge in [-0.2, -0.15) is 0 Å². The molecule has 0 unspecified atom stereocenters. The maximum absolute atomic E-state index is 12.5. The molecule has 7 heteroatoms. The minimum Gasteiger partial charge on any atom is -0.489 e. The number of carbonyl (C=O) groups is 3. The van der Waals surface area contributed by atoms with E-state index in [1.165, 1.54) is 25.1 Å². The Balaban J connectivity index is 2.05. The van der Waals surface area contributed by atoms with Crippen LogP contribution in [0.15, 0.2) is 48.5 Å². The van der Waals surface area contributed by atoms with Crippen LogP contribution in [0.5, 0.6) is 5.75 Å². The smallest absolute Gasteiger partial charge is 0.335 e. The molecule has 154 valence electrons. The van der Waals surface area contributed by atoms with Crippen LogP contribution in [0.4, 0.5) is 5.69 Å². The molecule has 2 rings (SSSR count). The van der Waals surface area contributed by atoms with Gasteiger partial charge in [-0.05, 0) is 37.6 Å². The second-order valence-corrected chi connectivity index (χ2v) is 6.91. The molecule has 0 bridgehead atoms. The lowest BCUT2D eigenvalue weighted by Crippen LogP contribution is -2.31. The lowest BCUT2D eigenvalue weighted by atomic mass is 10.1. The van der Waals surface area contributed by atoms with E-state index >= 15 is 0 Å². The summed E-state index contributed by atoms with van der Waals surface area (Å²) in [7, 11) is 0. The quantitative estimate of drug-likeness (QED) is 0.673. The Morgan fingerprint density at radius 2 is 1.79 bits per heavy atom. The Morgan fingerprint density at radius 3 is 2.38 bits per heavy atom. The van der Waals surface area contributed by atoms with Gasteiger partial charge < -0.3 is 20.1 Å². The minimum absolute atomic E-state index is 0.0471. The third-order valence-corrected chi connectivity index (χ3v) is 4.13. The molecular formula is C22H26N2O5. The van der Waals surface area contributed by atoms with Gasteiger partial charge in [0.25, 0.3) is 0 Å². The van der Waals surface area contributed by atoms with E-state index in [1.807, 2.05) is 44.2 Å². The van der Waals surface area contributed by atoms with E-state index in [0.29, 0.717) is 18.0 Å². The molecule has 0 atom stereocenters. The molecule has 0 heterocycles. The molecule has 0 saturated heterocycles. The van der Waals surface area contributed by atoms with Crippen molar-refractivity contribution >= 4 is 23.5 Å². The highest BCUT2D eigenvalue weighted by Gasteiger charge is 2.15. The summed E-state index contributed by atoms with van der Waals surface area (Å²) in [5, 5.41) is 11.9. The van der Waals surface area contributed by atoms with Crippen molar-refractivity contribution in [1.29, 1.82) is 0 Å². The summed E-state index contributed by atoms with van der Waals surface area (Å²) in [4.78, 5) is 37.2. The van der Waals surface area contributed by atoms with Crippen molar-refractivity contribution in [2.75, 3.05) is 11.9 Å². The van der Waals surface area contributed by atoms with Crippen LogP contribution < -0.4 is 10.1 Å². The first-order chi connectivity index (χ1) is 13.8. The number of nitrogens with zero attached hydrogens (tertiary/aromatic N) is 1. The molecular weight excluding hydrogens is 372 g/mol. The van der Waals surface area contributed by atoms with Crippen LogP contribution in [0, 0.1) is 0 Å². The number of hydrogen-bond donors (Lipinski definition) is 2. The van der Waals surface area contributed by atoms with E-state index in [0.717, 1.165) is 5.56 Å². The number of anilines is 1. The monoisotopic (exact) mass is 398 g/mol. The van der Waals surface area contributed by atoms with Crippen molar-refractivity contribution in [1.82, 2.24) is 4.90 Å². The number of aromatic carboxylic acids is 1. The van der Waals surface area contributed by atoms with E-state index in [9.17, 15) is 19.5 Å². The first kappa shape index (κ1) is 21.9. The highest BCUT2D eigenvalue weighted by Crippen LogP contribution is 2.27. The van der Waals surface area contributed by atoms with E-state index < -0.39 is 5.97 Å². The summed E-state index contributed by atoms with van der Waals surface area (Å²) in [6.45, 7) is 5.80. The second-order valence-electron chi connectivity index (χ2n) is 6.91. The molecule has 2 aromatic rings. The van der Waals surface area contributed by atoms with Gasteiger partial charge in [0.1, 0.15) is 5.75 Å². The number of carbonyl (C=O) groups excluding carboxylic acids is 2. The molecule has 2 amide bonds. The first-order valence-corrected chi connectivity index (χ1v) is 9.39. The van der Waals surface area contributed by atoms with Crippen LogP contribution in [-0.2, 0) is 16.1 Å². The first-order valence-electron chi connectivity index (χ1n) is 9.39. The van der Waals surface area contributed by atoms with E-state index in [2.05, 4.69) is 5.32 Å². The van der Waals surface area contributed by atoms with Crippen molar-refractivity contribution < 1.29 is 24.2 Å². The summed E-state index contributed by atoms with van der Waals surface area (Å²) in [5.41, 5.74) is 1.32. The van der Waals surface area contributed by atoms with Gasteiger partial charge in [0.15, 0.2) is 0 Å². The van der Waals surface area contributed by atoms with Crippen molar-refractivity contribution in [3.05, 3.63) is 59.7 Å². The zero-order chi connectivity index (χ0) is 21.4. The molecule has 0 aliphatic carbocycles. The summed E-state index contributed by atoms with van der Waals surface area (Å²) >= 11 is 0. The van der Waals surface area contributed by atoms with Crippen LogP contribution in [0.25, 0.3) is 0 Å². The molecule has 7 nitrogen and oxygen atoms in total. The number of benzene rings is 2. The lowest BCUT2D eigenvalue weighted by molar-refractivity contribution is -0.129. The third kappa shape index (κ3) is 6.95. The maximum atomic E-state index is 12.5. The molecule has 0 aliphatic heterocycles. The highest BCUT2D eigenvalue weighted by molar-refractivity contribution is 5.95. The number of amides is 2. The fourth-order valence-corrected chi connectivity index (χ4v) is 2.72. The summed E-state index contributed by atoms with van der Waals surface area (Å²) in [6.07, 6.45) is -0.0643. The van der Waals surface area contributed by atoms with Gasteiger partial charge in [0, 0.05) is 26.4 Å². The molecule has 0 spiro atoms. The van der Waals surface area contributed by atoms with Crippen molar-refractivity contribution in [3.8, 4) is 5.75 Å². The second kappa shape index (κ2) is 10.3. The van der Waals surface area contributed by atoms with Crippen LogP contribution >= 0.6 is 0 Å². The van der Waals surface area contributed by atoms with Crippen LogP contribution in [0.1, 0.15) is 43.1 Å². The van der Waals surface area contributed by atoms with Gasteiger partial charge in [0.2, 0.25) is 11.8 Å². The van der Waals surface area contributed by atoms with Crippen molar-refractivity contribution in [2.24, 2.45) is 0 Å². The minimum atomic E-state index is -1.10. The Bertz CT molecular complexity index is 865. The van der Waals surface area contributed by atoms with Crippen LogP contribution in [-0.4, -0.2) is 40.4 Å². The van der Waals surface area contributed by atoms with E-state index in [4.69, 9.17) is 4.74 Å². The SMILES string of the molecule is CC(=O)N(CCC(=O)Nc1cc(C(=O)O)ccc1OC(C)C)Cc1ccccc1. The standard InChI is InChI=1S/C22H26N2O5/c1-15(2)29-20-10-9-18(22(27)28)13-19(20)23-21(26)11-12-24(16(3)25)14-17-7-5-4-6-8-17/h4-10,13,15H,11-12,14H2,1-3H3,(H,23,26)(H,27,28). The number of ether oxygens (including phenoxy) is 1. The Morgan fingerprint density at radius 1 is 1.10 bits per heavy atom. The molecule has 2 N–H and O–H groups in total. The van der Waals surface area contributed by atoms with Gasteiger partial charge in [0.05, 0.1) is 17.4 Å². The molecule has 0 saturated carbocycles. The predicted octanol–water partition coefficient (Wildman–Crippen LogP) is 3.55.